The van der Waals surface area contributed by atoms with Crippen LogP contribution in [0.4, 0.5) is 0 Å². The third-order valence-electron chi connectivity index (χ3n) is 2.65. The van der Waals surface area contributed by atoms with E-state index in [-0.39, 0.29) is 12.5 Å². The molecule has 0 aliphatic heterocycles. The fraction of sp³-hybridized carbons (Fsp3) is 0.231. The van der Waals surface area contributed by atoms with Crippen molar-refractivity contribution >= 4 is 17.2 Å². The molecule has 20 heavy (non-hydrogen) atoms. The van der Waals surface area contributed by atoms with E-state index in [2.05, 4.69) is 10.4 Å². The van der Waals surface area contributed by atoms with Crippen LogP contribution in [0.25, 0.3) is 10.6 Å². The highest BCUT2D eigenvalue weighted by Crippen LogP contribution is 2.29. The van der Waals surface area contributed by atoms with Gasteiger partial charge in [0, 0.05) is 12.7 Å². The van der Waals surface area contributed by atoms with Gasteiger partial charge in [0.25, 0.3) is 5.91 Å². The van der Waals surface area contributed by atoms with Crippen molar-refractivity contribution in [2.45, 2.75) is 6.61 Å². The normalized spacial score (nSPS) is 10.3. The van der Waals surface area contributed by atoms with Gasteiger partial charge in [-0.2, -0.15) is 0 Å². The Hall–Kier alpha value is -1.96. The van der Waals surface area contributed by atoms with Crippen molar-refractivity contribution in [3.05, 3.63) is 34.8 Å². The monoisotopic (exact) mass is 293 g/mol. The largest absolute Gasteiger partial charge is 0.497 e. The summed E-state index contributed by atoms with van der Waals surface area (Å²) in [6.45, 7) is 0.259. The fourth-order valence-electron chi connectivity index (χ4n) is 1.69. The maximum atomic E-state index is 11.7. The van der Waals surface area contributed by atoms with Gasteiger partial charge in [0.15, 0.2) is 0 Å². The van der Waals surface area contributed by atoms with Gasteiger partial charge in [0.2, 0.25) is 0 Å². The van der Waals surface area contributed by atoms with Crippen molar-refractivity contribution in [1.82, 2.24) is 10.4 Å². The van der Waals surface area contributed by atoms with Crippen LogP contribution < -0.4 is 16.0 Å². The molecule has 0 unspecified atom stereocenters. The Balaban J connectivity index is 2.38. The second-order valence-corrected chi connectivity index (χ2v) is 4.93. The molecule has 2 rings (SSSR count). The number of nitrogens with zero attached hydrogens (tertiary/aromatic N) is 1. The smallest absolute Gasteiger partial charge is 0.277 e. The lowest BCUT2D eigenvalue weighted by molar-refractivity contribution is 0.0952. The van der Waals surface area contributed by atoms with Gasteiger partial charge in [0.1, 0.15) is 15.6 Å². The van der Waals surface area contributed by atoms with Crippen LogP contribution in [0, 0.1) is 0 Å². The lowest BCUT2D eigenvalue weighted by Gasteiger charge is -2.00. The van der Waals surface area contributed by atoms with E-state index in [4.69, 9.17) is 15.3 Å². The average molecular weight is 293 g/mol. The number of nitrogen functional groups attached to an aromatic ring is 1. The van der Waals surface area contributed by atoms with E-state index in [0.29, 0.717) is 10.6 Å². The number of hydrogen-bond donors (Lipinski definition) is 2. The third-order valence-corrected chi connectivity index (χ3v) is 3.80. The molecule has 0 saturated carbocycles. The minimum Gasteiger partial charge on any atom is -0.497 e. The molecule has 0 saturated heterocycles. The lowest BCUT2D eigenvalue weighted by Crippen LogP contribution is -2.30. The molecule has 1 aromatic heterocycles. The molecule has 0 aliphatic rings. The average Bonchev–Trinajstić information content (AvgIpc) is 2.91. The van der Waals surface area contributed by atoms with E-state index in [9.17, 15) is 4.79 Å². The zero-order chi connectivity index (χ0) is 14.5. The molecule has 6 nitrogen and oxygen atoms in total. The Labute approximate surface area is 120 Å². The summed E-state index contributed by atoms with van der Waals surface area (Å²) in [5.41, 5.74) is 3.60. The van der Waals surface area contributed by atoms with E-state index in [1.54, 1.807) is 14.2 Å². The highest BCUT2D eigenvalue weighted by molar-refractivity contribution is 7.17. The molecule has 106 valence electrons. The number of nitrogens with one attached hydrogen (secondary N) is 1. The molecule has 0 atom stereocenters. The predicted molar refractivity (Wildman–Crippen MR) is 76.5 cm³/mol. The topological polar surface area (TPSA) is 86.5 Å². The molecule has 0 aliphatic carbocycles. The molecule has 0 radical (unpaired) electrons. The van der Waals surface area contributed by atoms with Gasteiger partial charge in [-0.05, 0) is 24.3 Å². The minimum absolute atomic E-state index is 0.259. The molecule has 1 heterocycles. The van der Waals surface area contributed by atoms with Crippen molar-refractivity contribution in [3.8, 4) is 16.3 Å². The first-order valence-corrected chi connectivity index (χ1v) is 6.65. The van der Waals surface area contributed by atoms with Crippen molar-refractivity contribution in [2.24, 2.45) is 5.84 Å². The van der Waals surface area contributed by atoms with E-state index in [1.807, 2.05) is 24.3 Å². The van der Waals surface area contributed by atoms with Crippen LogP contribution in [0.5, 0.6) is 5.75 Å². The maximum Gasteiger partial charge on any atom is 0.277 e. The summed E-state index contributed by atoms with van der Waals surface area (Å²) in [6.07, 6.45) is 0. The summed E-state index contributed by atoms with van der Waals surface area (Å²) in [5, 5.41) is 0.735. The van der Waals surface area contributed by atoms with Crippen LogP contribution in [0.1, 0.15) is 15.4 Å². The van der Waals surface area contributed by atoms with Gasteiger partial charge in [-0.25, -0.2) is 10.8 Å². The van der Waals surface area contributed by atoms with Crippen LogP contribution in [0.2, 0.25) is 0 Å². The van der Waals surface area contributed by atoms with E-state index >= 15 is 0 Å². The van der Waals surface area contributed by atoms with E-state index < -0.39 is 0 Å². The summed E-state index contributed by atoms with van der Waals surface area (Å²) in [5.74, 6) is 5.58. The number of rotatable bonds is 5. The summed E-state index contributed by atoms with van der Waals surface area (Å²) < 4.78 is 10.2. The number of thiazole rings is 1. The molecule has 0 fully saturated rings. The second-order valence-electron chi connectivity index (χ2n) is 3.93. The first-order chi connectivity index (χ1) is 9.69. The number of ether oxygens (including phenoxy) is 2. The third kappa shape index (κ3) is 2.96. The zero-order valence-electron chi connectivity index (χ0n) is 11.2. The van der Waals surface area contributed by atoms with Crippen LogP contribution >= 0.6 is 11.3 Å². The molecule has 1 amide bonds. The first kappa shape index (κ1) is 14.4. The number of benzene rings is 1. The first-order valence-electron chi connectivity index (χ1n) is 5.83. The van der Waals surface area contributed by atoms with Crippen LogP contribution in [0.3, 0.4) is 0 Å². The fourth-order valence-corrected chi connectivity index (χ4v) is 2.66. The number of methoxy groups -OCH3 is 2. The molecule has 3 N–H and O–H groups in total. The highest BCUT2D eigenvalue weighted by Gasteiger charge is 2.18. The quantitative estimate of drug-likeness (QED) is 0.496. The molecule has 7 heteroatoms. The SMILES string of the molecule is COCc1nc(-c2ccc(OC)cc2)sc1C(=O)NN. The Morgan fingerprint density at radius 1 is 1.35 bits per heavy atom. The van der Waals surface area contributed by atoms with Crippen molar-refractivity contribution in [1.29, 1.82) is 0 Å². The molecule has 0 spiro atoms. The number of aromatic nitrogens is 1. The maximum absolute atomic E-state index is 11.7. The highest BCUT2D eigenvalue weighted by atomic mass is 32.1. The van der Waals surface area contributed by atoms with E-state index in [0.717, 1.165) is 16.3 Å². The molecule has 0 bridgehead atoms. The molecular formula is C13H15N3O3S. The summed E-state index contributed by atoms with van der Waals surface area (Å²) in [4.78, 5) is 16.6. The number of nitrogens with two attached hydrogens (primary N) is 1. The number of amides is 1. The van der Waals surface area contributed by atoms with Gasteiger partial charge >= 0.3 is 0 Å². The number of carbonyl (C=O) groups is 1. The lowest BCUT2D eigenvalue weighted by atomic mass is 10.2. The van der Waals surface area contributed by atoms with Crippen molar-refractivity contribution < 1.29 is 14.3 Å². The Morgan fingerprint density at radius 3 is 2.60 bits per heavy atom. The van der Waals surface area contributed by atoms with Gasteiger partial charge in [0.05, 0.1) is 19.4 Å². The Bertz CT molecular complexity index is 595. The van der Waals surface area contributed by atoms with E-state index in [1.165, 1.54) is 11.3 Å². The number of hydrogen-bond acceptors (Lipinski definition) is 6. The van der Waals surface area contributed by atoms with Gasteiger partial charge in [-0.3, -0.25) is 10.2 Å². The minimum atomic E-state index is -0.366. The van der Waals surface area contributed by atoms with Crippen LogP contribution in [-0.4, -0.2) is 25.1 Å². The molecular weight excluding hydrogens is 278 g/mol. The zero-order valence-corrected chi connectivity index (χ0v) is 12.0. The van der Waals surface area contributed by atoms with Crippen LogP contribution in [0.15, 0.2) is 24.3 Å². The number of carbonyl (C=O) groups excluding carboxylic acids is 1. The van der Waals surface area contributed by atoms with Crippen LogP contribution in [-0.2, 0) is 11.3 Å². The van der Waals surface area contributed by atoms with Gasteiger partial charge in [-0.15, -0.1) is 11.3 Å². The summed E-state index contributed by atoms with van der Waals surface area (Å²) in [7, 11) is 3.16. The summed E-state index contributed by atoms with van der Waals surface area (Å²) >= 11 is 1.27. The van der Waals surface area contributed by atoms with Gasteiger partial charge in [-0.1, -0.05) is 0 Å². The van der Waals surface area contributed by atoms with Crippen molar-refractivity contribution in [2.75, 3.05) is 14.2 Å². The predicted octanol–water partition coefficient (Wildman–Crippen LogP) is 1.57. The van der Waals surface area contributed by atoms with Crippen molar-refractivity contribution in [3.63, 3.8) is 0 Å². The molecule has 1 aromatic carbocycles. The molecule has 2 aromatic rings. The second kappa shape index (κ2) is 6.47. The standard InChI is InChI=1S/C13H15N3O3S/c1-18-7-10-11(12(17)16-14)20-13(15-10)8-3-5-9(19-2)6-4-8/h3-6H,7,14H2,1-2H3,(H,16,17). The Morgan fingerprint density at radius 2 is 2.05 bits per heavy atom. The number of hydrazine groups is 1. The van der Waals surface area contributed by atoms with Gasteiger partial charge < -0.3 is 9.47 Å². The summed E-state index contributed by atoms with van der Waals surface area (Å²) in [6, 6.07) is 7.46. The Kier molecular flexibility index (Phi) is 4.67.